The van der Waals surface area contributed by atoms with Crippen molar-refractivity contribution in [1.82, 2.24) is 20.5 Å². The zero-order chi connectivity index (χ0) is 18.6. The second-order valence-electron chi connectivity index (χ2n) is 5.52. The van der Waals surface area contributed by atoms with E-state index in [-0.39, 0.29) is 11.6 Å². The van der Waals surface area contributed by atoms with Gasteiger partial charge in [0.1, 0.15) is 6.04 Å². The van der Waals surface area contributed by atoms with Crippen LogP contribution in [0.5, 0.6) is 0 Å². The van der Waals surface area contributed by atoms with E-state index < -0.39 is 29.7 Å². The van der Waals surface area contributed by atoms with Gasteiger partial charge < -0.3 is 26.0 Å². The summed E-state index contributed by atoms with van der Waals surface area (Å²) in [5.41, 5.74) is 5.67. The van der Waals surface area contributed by atoms with Crippen LogP contribution in [0.25, 0.3) is 0 Å². The summed E-state index contributed by atoms with van der Waals surface area (Å²) in [4.78, 5) is 53.1. The number of nitrogens with zero attached hydrogens (tertiary/aromatic N) is 2. The fourth-order valence-corrected chi connectivity index (χ4v) is 3.08. The highest BCUT2D eigenvalue weighted by molar-refractivity contribution is 7.13. The molecule has 1 aliphatic rings. The minimum Gasteiger partial charge on any atom is -0.375 e. The number of likely N-dealkylation sites (N-methyl/N-ethyl adjacent to an activating group) is 1. The van der Waals surface area contributed by atoms with Gasteiger partial charge in [0.25, 0.3) is 5.91 Å². The van der Waals surface area contributed by atoms with Crippen molar-refractivity contribution >= 4 is 35.0 Å². The Morgan fingerprint density at radius 2 is 2.08 bits per heavy atom. The molecule has 1 aromatic rings. The van der Waals surface area contributed by atoms with E-state index in [1.807, 2.05) is 0 Å². The fourth-order valence-electron chi connectivity index (χ4n) is 2.14. The molecule has 10 nitrogen and oxygen atoms in total. The second kappa shape index (κ2) is 8.03. The van der Waals surface area contributed by atoms with Crippen LogP contribution in [0.3, 0.4) is 0 Å². The number of amides is 4. The Bertz CT molecular complexity index is 678. The molecule has 0 saturated carbocycles. The summed E-state index contributed by atoms with van der Waals surface area (Å²) in [7, 11) is 3.02. The first-order valence-corrected chi connectivity index (χ1v) is 8.27. The third kappa shape index (κ3) is 4.73. The lowest BCUT2D eigenvalue weighted by molar-refractivity contribution is -0.137. The summed E-state index contributed by atoms with van der Waals surface area (Å²) in [5, 5.41) is 4.96. The standard InChI is InChI=1S/C14H19N5O5S/c1-19(2)14(23)8(5-16-11(21)10(15)20)17-12(22)13-18-7-3-4-24-6-9(7)25-13/h8H,3-6H2,1-2H3,(H2,15,20)(H,16,21)(H,17,22)/t8-/m0/s1. The molecule has 136 valence electrons. The highest BCUT2D eigenvalue weighted by Gasteiger charge is 2.27. The quantitative estimate of drug-likeness (QED) is 0.512. The van der Waals surface area contributed by atoms with Gasteiger partial charge in [0.15, 0.2) is 5.01 Å². The number of ether oxygens (including phenoxy) is 1. The lowest BCUT2D eigenvalue weighted by Crippen LogP contribution is -2.53. The number of hydrogen-bond donors (Lipinski definition) is 3. The molecule has 0 radical (unpaired) electrons. The lowest BCUT2D eigenvalue weighted by Gasteiger charge is -2.21. The maximum absolute atomic E-state index is 12.4. The molecule has 0 unspecified atom stereocenters. The molecule has 11 heteroatoms. The molecule has 0 aromatic carbocycles. The Balaban J connectivity index is 2.07. The van der Waals surface area contributed by atoms with E-state index in [1.54, 1.807) is 0 Å². The van der Waals surface area contributed by atoms with Gasteiger partial charge in [0.2, 0.25) is 5.91 Å². The van der Waals surface area contributed by atoms with Crippen molar-refractivity contribution in [3.8, 4) is 0 Å². The number of nitrogens with one attached hydrogen (secondary N) is 2. The number of carbonyl (C=O) groups is 4. The van der Waals surface area contributed by atoms with Gasteiger partial charge in [-0.1, -0.05) is 0 Å². The van der Waals surface area contributed by atoms with E-state index in [0.29, 0.717) is 19.6 Å². The van der Waals surface area contributed by atoms with Crippen LogP contribution in [0.15, 0.2) is 0 Å². The Morgan fingerprint density at radius 1 is 1.36 bits per heavy atom. The van der Waals surface area contributed by atoms with E-state index in [9.17, 15) is 19.2 Å². The third-order valence-corrected chi connectivity index (χ3v) is 4.49. The van der Waals surface area contributed by atoms with Crippen LogP contribution in [-0.2, 0) is 32.1 Å². The molecule has 25 heavy (non-hydrogen) atoms. The van der Waals surface area contributed by atoms with E-state index >= 15 is 0 Å². The van der Waals surface area contributed by atoms with Crippen molar-refractivity contribution in [2.24, 2.45) is 5.73 Å². The molecule has 4 amide bonds. The molecular weight excluding hydrogens is 350 g/mol. The normalized spacial score (nSPS) is 14.2. The minimum atomic E-state index is -1.17. The SMILES string of the molecule is CN(C)C(=O)[C@H](CNC(=O)C(N)=O)NC(=O)c1nc2c(s1)COCC2. The first-order chi connectivity index (χ1) is 11.8. The Labute approximate surface area is 147 Å². The highest BCUT2D eigenvalue weighted by Crippen LogP contribution is 2.23. The Morgan fingerprint density at radius 3 is 2.68 bits per heavy atom. The van der Waals surface area contributed by atoms with E-state index in [1.165, 1.54) is 30.3 Å². The number of aromatic nitrogens is 1. The van der Waals surface area contributed by atoms with Crippen molar-refractivity contribution in [3.05, 3.63) is 15.6 Å². The van der Waals surface area contributed by atoms with Crippen LogP contribution in [0.1, 0.15) is 20.4 Å². The molecular formula is C14H19N5O5S. The molecule has 1 aromatic heterocycles. The van der Waals surface area contributed by atoms with Crippen molar-refractivity contribution in [2.45, 2.75) is 19.1 Å². The zero-order valence-electron chi connectivity index (χ0n) is 13.8. The minimum absolute atomic E-state index is 0.216. The molecule has 0 bridgehead atoms. The van der Waals surface area contributed by atoms with Gasteiger partial charge >= 0.3 is 11.8 Å². The van der Waals surface area contributed by atoms with Crippen LogP contribution >= 0.6 is 11.3 Å². The predicted octanol–water partition coefficient (Wildman–Crippen LogP) is -2.00. The van der Waals surface area contributed by atoms with Gasteiger partial charge in [-0.05, 0) is 0 Å². The Hall–Kier alpha value is -2.53. The summed E-state index contributed by atoms with van der Waals surface area (Å²) in [6, 6.07) is -1.05. The number of primary amides is 1. The molecule has 1 atom stereocenters. The maximum atomic E-state index is 12.4. The van der Waals surface area contributed by atoms with Crippen molar-refractivity contribution in [1.29, 1.82) is 0 Å². The summed E-state index contributed by atoms with van der Waals surface area (Å²) in [6.45, 7) is 0.701. The fraction of sp³-hybridized carbons (Fsp3) is 0.500. The number of carbonyl (C=O) groups excluding carboxylic acids is 4. The van der Waals surface area contributed by atoms with E-state index in [0.717, 1.165) is 10.6 Å². The van der Waals surface area contributed by atoms with Gasteiger partial charge in [-0.15, -0.1) is 11.3 Å². The molecule has 2 rings (SSSR count). The van der Waals surface area contributed by atoms with Gasteiger partial charge in [-0.3, -0.25) is 19.2 Å². The average Bonchev–Trinajstić information content (AvgIpc) is 3.01. The molecule has 0 saturated heterocycles. The number of nitrogens with two attached hydrogens (primary N) is 1. The molecule has 4 N–H and O–H groups in total. The second-order valence-corrected chi connectivity index (χ2v) is 6.61. The number of hydrogen-bond acceptors (Lipinski definition) is 7. The van der Waals surface area contributed by atoms with Gasteiger partial charge in [-0.25, -0.2) is 4.98 Å². The van der Waals surface area contributed by atoms with Gasteiger partial charge in [0.05, 0.1) is 23.8 Å². The van der Waals surface area contributed by atoms with Crippen LogP contribution in [0.4, 0.5) is 0 Å². The summed E-state index contributed by atoms with van der Waals surface area (Å²) >= 11 is 1.20. The monoisotopic (exact) mass is 369 g/mol. The molecule has 0 fully saturated rings. The predicted molar refractivity (Wildman–Crippen MR) is 87.6 cm³/mol. The van der Waals surface area contributed by atoms with Gasteiger partial charge in [0, 0.05) is 27.1 Å². The first kappa shape index (κ1) is 18.8. The lowest BCUT2D eigenvalue weighted by atomic mass is 10.2. The van der Waals surface area contributed by atoms with E-state index in [4.69, 9.17) is 10.5 Å². The maximum Gasteiger partial charge on any atom is 0.309 e. The zero-order valence-corrected chi connectivity index (χ0v) is 14.6. The highest BCUT2D eigenvalue weighted by atomic mass is 32.1. The first-order valence-electron chi connectivity index (χ1n) is 7.45. The number of thiazole rings is 1. The summed E-state index contributed by atoms with van der Waals surface area (Å²) in [6.07, 6.45) is 0.633. The number of rotatable bonds is 5. The Kier molecular flexibility index (Phi) is 6.04. The molecule has 2 heterocycles. The van der Waals surface area contributed by atoms with Crippen LogP contribution in [-0.4, -0.2) is 66.8 Å². The van der Waals surface area contributed by atoms with Crippen LogP contribution < -0.4 is 16.4 Å². The summed E-state index contributed by atoms with van der Waals surface area (Å²) in [5.74, 6) is -3.18. The largest absolute Gasteiger partial charge is 0.375 e. The van der Waals surface area contributed by atoms with Crippen LogP contribution in [0, 0.1) is 0 Å². The van der Waals surface area contributed by atoms with Crippen molar-refractivity contribution < 1.29 is 23.9 Å². The van der Waals surface area contributed by atoms with Crippen molar-refractivity contribution in [2.75, 3.05) is 27.2 Å². The molecule has 1 aliphatic heterocycles. The molecule has 0 aliphatic carbocycles. The average molecular weight is 369 g/mol. The molecule has 0 spiro atoms. The third-order valence-electron chi connectivity index (χ3n) is 3.42. The van der Waals surface area contributed by atoms with E-state index in [2.05, 4.69) is 15.6 Å². The van der Waals surface area contributed by atoms with Gasteiger partial charge in [-0.2, -0.15) is 0 Å². The smallest absolute Gasteiger partial charge is 0.309 e. The van der Waals surface area contributed by atoms with Crippen molar-refractivity contribution in [3.63, 3.8) is 0 Å². The number of fused-ring (bicyclic) bond motifs is 1. The summed E-state index contributed by atoms with van der Waals surface area (Å²) < 4.78 is 5.31. The topological polar surface area (TPSA) is 144 Å². The van der Waals surface area contributed by atoms with Crippen LogP contribution in [0.2, 0.25) is 0 Å².